The van der Waals surface area contributed by atoms with E-state index in [-0.39, 0.29) is 30.6 Å². The zero-order valence-corrected chi connectivity index (χ0v) is 11.1. The number of ether oxygens (including phenoxy) is 1. The van der Waals surface area contributed by atoms with Crippen LogP contribution in [0.5, 0.6) is 5.75 Å². The van der Waals surface area contributed by atoms with E-state index >= 15 is 0 Å². The van der Waals surface area contributed by atoms with Gasteiger partial charge in [0.05, 0.1) is 18.5 Å². The second-order valence-corrected chi connectivity index (χ2v) is 4.53. The monoisotopic (exact) mass is 276 g/mol. The normalized spacial score (nSPS) is 12.1. The molecule has 0 aliphatic carbocycles. The maximum Gasteiger partial charge on any atom is 0.360 e. The molecule has 1 heterocycles. The van der Waals surface area contributed by atoms with Crippen molar-refractivity contribution in [2.45, 2.75) is 6.92 Å². The Balaban J connectivity index is 2.27. The number of benzene rings is 1. The molecule has 0 aliphatic rings. The van der Waals surface area contributed by atoms with E-state index in [0.29, 0.717) is 0 Å². The number of nitrogens with zero attached hydrogens (tertiary/aromatic N) is 2. The lowest BCUT2D eigenvalue weighted by molar-refractivity contribution is 0.0684. The van der Waals surface area contributed by atoms with Crippen LogP contribution >= 0.6 is 0 Å². The largest absolute Gasteiger partial charge is 0.489 e. The third-order valence-corrected chi connectivity index (χ3v) is 2.74. The van der Waals surface area contributed by atoms with Crippen molar-refractivity contribution in [1.82, 2.24) is 9.78 Å². The number of rotatable bonds is 6. The number of aliphatic hydroxyl groups excluding tert-OH is 1. The number of hydrogen-bond acceptors (Lipinski definition) is 4. The summed E-state index contributed by atoms with van der Waals surface area (Å²) in [5, 5.41) is 22.1. The molecule has 0 saturated carbocycles. The van der Waals surface area contributed by atoms with Gasteiger partial charge < -0.3 is 14.9 Å². The molecule has 0 radical (unpaired) electrons. The molecular formula is C14H16N2O4. The number of carboxylic acid groups (broad SMARTS) is 1. The Morgan fingerprint density at radius 1 is 1.40 bits per heavy atom. The predicted molar refractivity (Wildman–Crippen MR) is 72.3 cm³/mol. The summed E-state index contributed by atoms with van der Waals surface area (Å²) in [6, 6.07) is 9.18. The van der Waals surface area contributed by atoms with Gasteiger partial charge in [0, 0.05) is 12.5 Å². The zero-order valence-electron chi connectivity index (χ0n) is 11.1. The van der Waals surface area contributed by atoms with Crippen molar-refractivity contribution in [2.75, 3.05) is 13.2 Å². The van der Waals surface area contributed by atoms with Gasteiger partial charge in [-0.2, -0.15) is 5.10 Å². The van der Waals surface area contributed by atoms with Gasteiger partial charge in [-0.3, -0.25) is 0 Å². The van der Waals surface area contributed by atoms with Gasteiger partial charge in [-0.25, -0.2) is 9.48 Å². The molecule has 2 aromatic rings. The molecule has 1 unspecified atom stereocenters. The number of para-hydroxylation sites is 1. The van der Waals surface area contributed by atoms with Crippen molar-refractivity contribution in [2.24, 2.45) is 5.92 Å². The highest BCUT2D eigenvalue weighted by molar-refractivity contribution is 5.88. The molecule has 0 amide bonds. The summed E-state index contributed by atoms with van der Waals surface area (Å²) in [6.07, 6.45) is 1.53. The smallest absolute Gasteiger partial charge is 0.360 e. The zero-order chi connectivity index (χ0) is 14.5. The molecule has 0 bridgehead atoms. The van der Waals surface area contributed by atoms with E-state index in [4.69, 9.17) is 14.9 Å². The van der Waals surface area contributed by atoms with Gasteiger partial charge in [0.2, 0.25) is 5.69 Å². The van der Waals surface area contributed by atoms with Crippen LogP contribution in [0.4, 0.5) is 0 Å². The van der Waals surface area contributed by atoms with E-state index in [9.17, 15) is 4.79 Å². The van der Waals surface area contributed by atoms with Crippen LogP contribution < -0.4 is 4.74 Å². The Hall–Kier alpha value is -2.34. The minimum absolute atomic E-state index is 0.0186. The molecule has 106 valence electrons. The number of carboxylic acids is 1. The summed E-state index contributed by atoms with van der Waals surface area (Å²) in [5.41, 5.74) is 0.610. The summed E-state index contributed by atoms with van der Waals surface area (Å²) in [7, 11) is 0. The van der Waals surface area contributed by atoms with Crippen LogP contribution in [-0.2, 0) is 0 Å². The van der Waals surface area contributed by atoms with Crippen molar-refractivity contribution in [1.29, 1.82) is 0 Å². The summed E-state index contributed by atoms with van der Waals surface area (Å²) in [6.45, 7) is 2.02. The lowest BCUT2D eigenvalue weighted by atomic mass is 10.2. The number of carbonyl (C=O) groups is 1. The Morgan fingerprint density at radius 3 is 2.70 bits per heavy atom. The predicted octanol–water partition coefficient (Wildman–Crippen LogP) is 1.58. The summed E-state index contributed by atoms with van der Waals surface area (Å²) in [5.74, 6) is -1.02. The minimum atomic E-state index is -1.15. The van der Waals surface area contributed by atoms with Gasteiger partial charge in [-0.05, 0) is 12.1 Å². The Bertz CT molecular complexity index is 580. The fourth-order valence-corrected chi connectivity index (χ4v) is 1.61. The molecular weight excluding hydrogens is 260 g/mol. The highest BCUT2D eigenvalue weighted by atomic mass is 16.5. The van der Waals surface area contributed by atoms with E-state index in [2.05, 4.69) is 5.10 Å². The Kier molecular flexibility index (Phi) is 4.37. The number of hydrogen-bond donors (Lipinski definition) is 2. The summed E-state index contributed by atoms with van der Waals surface area (Å²) >= 11 is 0. The van der Waals surface area contributed by atoms with E-state index in [1.54, 1.807) is 0 Å². The number of aliphatic hydroxyl groups is 1. The minimum Gasteiger partial charge on any atom is -0.489 e. The van der Waals surface area contributed by atoms with Crippen LogP contribution in [0.25, 0.3) is 5.69 Å². The maximum atomic E-state index is 11.2. The standard InChI is InChI=1S/C14H16N2O4/c1-10(8-17)9-20-12-7-16(15-13(12)14(18)19)11-5-3-2-4-6-11/h2-7,10,17H,8-9H2,1H3,(H,18,19). The summed E-state index contributed by atoms with van der Waals surface area (Å²) in [4.78, 5) is 11.2. The Morgan fingerprint density at radius 2 is 2.10 bits per heavy atom. The SMILES string of the molecule is CC(CO)COc1cn(-c2ccccc2)nc1C(=O)O. The van der Waals surface area contributed by atoms with Crippen LogP contribution in [-0.4, -0.2) is 39.2 Å². The second-order valence-electron chi connectivity index (χ2n) is 4.53. The Labute approximate surface area is 116 Å². The van der Waals surface area contributed by atoms with Crippen molar-refractivity contribution in [3.63, 3.8) is 0 Å². The molecule has 2 N–H and O–H groups in total. The van der Waals surface area contributed by atoms with E-state index in [1.807, 2.05) is 37.3 Å². The molecule has 2 rings (SSSR count). The van der Waals surface area contributed by atoms with Gasteiger partial charge in [0.25, 0.3) is 0 Å². The van der Waals surface area contributed by atoms with Gasteiger partial charge in [-0.15, -0.1) is 0 Å². The van der Waals surface area contributed by atoms with Crippen LogP contribution in [0.15, 0.2) is 36.5 Å². The van der Waals surface area contributed by atoms with Crippen molar-refractivity contribution in [3.8, 4) is 11.4 Å². The van der Waals surface area contributed by atoms with Gasteiger partial charge in [-0.1, -0.05) is 25.1 Å². The van der Waals surface area contributed by atoms with Gasteiger partial charge >= 0.3 is 5.97 Å². The van der Waals surface area contributed by atoms with Gasteiger partial charge in [0.15, 0.2) is 5.75 Å². The fraction of sp³-hybridized carbons (Fsp3) is 0.286. The first kappa shape index (κ1) is 14.1. The molecule has 0 aliphatic heterocycles. The lowest BCUT2D eigenvalue weighted by Gasteiger charge is -2.08. The van der Waals surface area contributed by atoms with Crippen molar-refractivity contribution < 1.29 is 19.7 Å². The number of aromatic nitrogens is 2. The molecule has 6 nitrogen and oxygen atoms in total. The van der Waals surface area contributed by atoms with Crippen LogP contribution in [0.3, 0.4) is 0 Å². The molecule has 0 saturated heterocycles. The molecule has 6 heteroatoms. The second kappa shape index (κ2) is 6.21. The quantitative estimate of drug-likeness (QED) is 0.836. The molecule has 0 fully saturated rings. The van der Waals surface area contributed by atoms with E-state index < -0.39 is 5.97 Å². The first-order chi connectivity index (χ1) is 9.61. The van der Waals surface area contributed by atoms with Crippen LogP contribution in [0.1, 0.15) is 17.4 Å². The average Bonchev–Trinajstić information content (AvgIpc) is 2.90. The molecule has 1 aromatic heterocycles. The first-order valence-electron chi connectivity index (χ1n) is 6.24. The topological polar surface area (TPSA) is 84.6 Å². The molecule has 0 spiro atoms. The molecule has 1 atom stereocenters. The fourth-order valence-electron chi connectivity index (χ4n) is 1.61. The lowest BCUT2D eigenvalue weighted by Crippen LogP contribution is -2.13. The van der Waals surface area contributed by atoms with Gasteiger partial charge in [0.1, 0.15) is 0 Å². The van der Waals surface area contributed by atoms with Crippen molar-refractivity contribution in [3.05, 3.63) is 42.2 Å². The molecule has 1 aromatic carbocycles. The average molecular weight is 276 g/mol. The van der Waals surface area contributed by atoms with Crippen LogP contribution in [0, 0.1) is 5.92 Å². The van der Waals surface area contributed by atoms with Crippen LogP contribution in [0.2, 0.25) is 0 Å². The van der Waals surface area contributed by atoms with E-state index in [1.165, 1.54) is 10.9 Å². The molecule has 20 heavy (non-hydrogen) atoms. The third kappa shape index (κ3) is 3.16. The highest BCUT2D eigenvalue weighted by Crippen LogP contribution is 2.20. The maximum absolute atomic E-state index is 11.2. The highest BCUT2D eigenvalue weighted by Gasteiger charge is 2.18. The summed E-state index contributed by atoms with van der Waals surface area (Å²) < 4.78 is 6.89. The first-order valence-corrected chi connectivity index (χ1v) is 6.24. The van der Waals surface area contributed by atoms with E-state index in [0.717, 1.165) is 5.69 Å². The number of aromatic carboxylic acids is 1. The third-order valence-electron chi connectivity index (χ3n) is 2.74. The van der Waals surface area contributed by atoms with Crippen molar-refractivity contribution >= 4 is 5.97 Å².